The largest absolute Gasteiger partial charge is 0.398 e. The van der Waals surface area contributed by atoms with Crippen LogP contribution in [0.2, 0.25) is 0 Å². The first-order chi connectivity index (χ1) is 7.20. The van der Waals surface area contributed by atoms with Crippen molar-refractivity contribution < 1.29 is 4.39 Å². The zero-order valence-electron chi connectivity index (χ0n) is 8.33. The summed E-state index contributed by atoms with van der Waals surface area (Å²) < 4.78 is 13.0. The molecular weight excluding hydrogens is 211 g/mol. The molecule has 2 rings (SSSR count). The molecule has 0 aliphatic heterocycles. The van der Waals surface area contributed by atoms with Crippen LogP contribution >= 0.6 is 11.3 Å². The lowest BCUT2D eigenvalue weighted by Gasteiger charge is -2.01. The number of rotatable bonds is 2. The summed E-state index contributed by atoms with van der Waals surface area (Å²) >= 11 is 1.49. The molecule has 0 aliphatic rings. The molecule has 4 heteroatoms. The van der Waals surface area contributed by atoms with E-state index in [0.717, 1.165) is 17.1 Å². The predicted octanol–water partition coefficient (Wildman–Crippen LogP) is 3.09. The van der Waals surface area contributed by atoms with E-state index in [-0.39, 0.29) is 5.82 Å². The summed E-state index contributed by atoms with van der Waals surface area (Å²) in [6, 6.07) is 4.35. The molecule has 1 aromatic carbocycles. The minimum Gasteiger partial charge on any atom is -0.398 e. The molecule has 0 unspecified atom stereocenters. The maximum absolute atomic E-state index is 13.0. The first-order valence-electron chi connectivity index (χ1n) is 4.70. The van der Waals surface area contributed by atoms with Gasteiger partial charge in [0.2, 0.25) is 0 Å². The van der Waals surface area contributed by atoms with Gasteiger partial charge >= 0.3 is 0 Å². The Morgan fingerprint density at radius 2 is 2.27 bits per heavy atom. The second-order valence-electron chi connectivity index (χ2n) is 3.23. The second kappa shape index (κ2) is 3.98. The predicted molar refractivity (Wildman–Crippen MR) is 61.3 cm³/mol. The van der Waals surface area contributed by atoms with Crippen molar-refractivity contribution in [3.8, 4) is 10.6 Å². The average molecular weight is 222 g/mol. The zero-order chi connectivity index (χ0) is 10.8. The minimum atomic E-state index is -0.285. The Kier molecular flexibility index (Phi) is 2.68. The number of nitrogens with zero attached hydrogens (tertiary/aromatic N) is 1. The van der Waals surface area contributed by atoms with Crippen molar-refractivity contribution in [1.29, 1.82) is 0 Å². The molecule has 0 saturated heterocycles. The molecule has 0 saturated carbocycles. The van der Waals surface area contributed by atoms with E-state index in [9.17, 15) is 4.39 Å². The van der Waals surface area contributed by atoms with Crippen molar-refractivity contribution in [1.82, 2.24) is 4.98 Å². The molecule has 0 bridgehead atoms. The van der Waals surface area contributed by atoms with Crippen LogP contribution in [0, 0.1) is 5.82 Å². The van der Waals surface area contributed by atoms with Gasteiger partial charge in [-0.05, 0) is 24.6 Å². The lowest BCUT2D eigenvalue weighted by atomic mass is 10.2. The summed E-state index contributed by atoms with van der Waals surface area (Å²) in [4.78, 5) is 4.37. The van der Waals surface area contributed by atoms with Crippen molar-refractivity contribution in [3.63, 3.8) is 0 Å². The van der Waals surface area contributed by atoms with Gasteiger partial charge in [0.15, 0.2) is 0 Å². The molecule has 2 N–H and O–H groups in total. The van der Waals surface area contributed by atoms with Crippen LogP contribution in [-0.2, 0) is 6.42 Å². The molecule has 0 fully saturated rings. The van der Waals surface area contributed by atoms with Gasteiger partial charge in [0, 0.05) is 16.6 Å². The van der Waals surface area contributed by atoms with E-state index in [1.807, 2.05) is 12.3 Å². The Hall–Kier alpha value is -1.42. The zero-order valence-corrected chi connectivity index (χ0v) is 9.14. The Morgan fingerprint density at radius 3 is 2.93 bits per heavy atom. The van der Waals surface area contributed by atoms with Crippen LogP contribution in [0.4, 0.5) is 10.1 Å². The van der Waals surface area contributed by atoms with Crippen molar-refractivity contribution in [2.45, 2.75) is 13.3 Å². The van der Waals surface area contributed by atoms with Gasteiger partial charge in [0.25, 0.3) is 0 Å². The summed E-state index contributed by atoms with van der Waals surface area (Å²) in [6.07, 6.45) is 0.881. The highest BCUT2D eigenvalue weighted by Gasteiger charge is 2.08. The maximum atomic E-state index is 13.0. The number of halogens is 1. The van der Waals surface area contributed by atoms with Crippen LogP contribution in [0.1, 0.15) is 12.6 Å². The maximum Gasteiger partial charge on any atom is 0.125 e. The highest BCUT2D eigenvalue weighted by molar-refractivity contribution is 7.13. The number of nitrogens with two attached hydrogens (primary N) is 1. The monoisotopic (exact) mass is 222 g/mol. The van der Waals surface area contributed by atoms with E-state index in [2.05, 4.69) is 4.98 Å². The van der Waals surface area contributed by atoms with E-state index in [4.69, 9.17) is 5.73 Å². The number of aromatic nitrogens is 1. The summed E-state index contributed by atoms with van der Waals surface area (Å²) in [5.41, 5.74) is 8.03. The molecule has 0 radical (unpaired) electrons. The van der Waals surface area contributed by atoms with Crippen molar-refractivity contribution in [2.75, 3.05) is 5.73 Å². The third-order valence-corrected chi connectivity index (χ3v) is 3.08. The van der Waals surface area contributed by atoms with E-state index >= 15 is 0 Å². The van der Waals surface area contributed by atoms with Crippen LogP contribution in [0.5, 0.6) is 0 Å². The molecule has 2 nitrogen and oxygen atoms in total. The van der Waals surface area contributed by atoms with Crippen molar-refractivity contribution >= 4 is 17.0 Å². The van der Waals surface area contributed by atoms with E-state index in [1.165, 1.54) is 23.5 Å². The molecule has 0 atom stereocenters. The van der Waals surface area contributed by atoms with E-state index in [0.29, 0.717) is 11.3 Å². The van der Waals surface area contributed by atoms with Gasteiger partial charge in [0.05, 0.1) is 5.69 Å². The normalized spacial score (nSPS) is 10.5. The third kappa shape index (κ3) is 1.99. The Bertz CT molecular complexity index is 479. The summed E-state index contributed by atoms with van der Waals surface area (Å²) in [5.74, 6) is -0.285. The van der Waals surface area contributed by atoms with Crippen molar-refractivity contribution in [3.05, 3.63) is 35.1 Å². The van der Waals surface area contributed by atoms with Crippen LogP contribution in [0.25, 0.3) is 10.6 Å². The number of hydrogen-bond donors (Lipinski definition) is 1. The van der Waals surface area contributed by atoms with Crippen LogP contribution in [0.15, 0.2) is 23.6 Å². The summed E-state index contributed by atoms with van der Waals surface area (Å²) in [7, 11) is 0. The van der Waals surface area contributed by atoms with E-state index < -0.39 is 0 Å². The van der Waals surface area contributed by atoms with Crippen LogP contribution in [0.3, 0.4) is 0 Å². The summed E-state index contributed by atoms with van der Waals surface area (Å²) in [6.45, 7) is 2.04. The van der Waals surface area contributed by atoms with Gasteiger partial charge in [-0.1, -0.05) is 6.92 Å². The average Bonchev–Trinajstić information content (AvgIpc) is 2.70. The quantitative estimate of drug-likeness (QED) is 0.793. The third-order valence-electron chi connectivity index (χ3n) is 2.16. The summed E-state index contributed by atoms with van der Waals surface area (Å²) in [5, 5.41) is 2.75. The number of anilines is 1. The molecule has 0 spiro atoms. The smallest absolute Gasteiger partial charge is 0.125 e. The Labute approximate surface area is 91.6 Å². The molecule has 78 valence electrons. The molecule has 2 aromatic rings. The lowest BCUT2D eigenvalue weighted by Crippen LogP contribution is -1.91. The standard InChI is InChI=1S/C11H11FN2S/c1-2-8-6-15-11(14-8)9-5-7(12)3-4-10(9)13/h3-6H,2,13H2,1H3. The molecule has 1 aromatic heterocycles. The number of aryl methyl sites for hydroxylation is 1. The van der Waals surface area contributed by atoms with Gasteiger partial charge in [-0.15, -0.1) is 11.3 Å². The number of thiazole rings is 1. The first-order valence-corrected chi connectivity index (χ1v) is 5.58. The minimum absolute atomic E-state index is 0.285. The Morgan fingerprint density at radius 1 is 1.47 bits per heavy atom. The molecule has 1 heterocycles. The Balaban J connectivity index is 2.48. The van der Waals surface area contributed by atoms with Gasteiger partial charge < -0.3 is 5.73 Å². The van der Waals surface area contributed by atoms with Gasteiger partial charge in [-0.2, -0.15) is 0 Å². The second-order valence-corrected chi connectivity index (χ2v) is 4.09. The molecule has 15 heavy (non-hydrogen) atoms. The number of benzene rings is 1. The highest BCUT2D eigenvalue weighted by atomic mass is 32.1. The van der Waals surface area contributed by atoms with Crippen LogP contribution in [-0.4, -0.2) is 4.98 Å². The molecular formula is C11H11FN2S. The number of nitrogen functional groups attached to an aromatic ring is 1. The topological polar surface area (TPSA) is 38.9 Å². The lowest BCUT2D eigenvalue weighted by molar-refractivity contribution is 0.628. The van der Waals surface area contributed by atoms with Gasteiger partial charge in [-0.25, -0.2) is 9.37 Å². The SMILES string of the molecule is CCc1csc(-c2cc(F)ccc2N)n1. The molecule has 0 aliphatic carbocycles. The first kappa shape index (κ1) is 10.1. The van der Waals surface area contributed by atoms with Crippen molar-refractivity contribution in [2.24, 2.45) is 0 Å². The fourth-order valence-corrected chi connectivity index (χ4v) is 2.25. The van der Waals surface area contributed by atoms with Gasteiger partial charge in [0.1, 0.15) is 10.8 Å². The highest BCUT2D eigenvalue weighted by Crippen LogP contribution is 2.29. The molecule has 0 amide bonds. The fourth-order valence-electron chi connectivity index (χ4n) is 1.31. The fraction of sp³-hybridized carbons (Fsp3) is 0.182. The van der Waals surface area contributed by atoms with Gasteiger partial charge in [-0.3, -0.25) is 0 Å². The van der Waals surface area contributed by atoms with Crippen LogP contribution < -0.4 is 5.73 Å². The van der Waals surface area contributed by atoms with E-state index in [1.54, 1.807) is 6.07 Å². The number of hydrogen-bond acceptors (Lipinski definition) is 3.